The molecule has 3 aromatic carbocycles. The first kappa shape index (κ1) is 29.8. The molecule has 7 nitrogen and oxygen atoms in total. The number of fused-ring (bicyclic) bond motifs is 1. The minimum Gasteiger partial charge on any atom is -0.469 e. The number of benzene rings is 3. The average molecular weight is 659 g/mol. The highest BCUT2D eigenvalue weighted by Gasteiger charge is 2.76. The van der Waals surface area contributed by atoms with Crippen molar-refractivity contribution in [2.75, 3.05) is 40.0 Å². The molecular weight excluding hydrogens is 618 g/mol. The molecule has 44 heavy (non-hydrogen) atoms. The van der Waals surface area contributed by atoms with Gasteiger partial charge in [-0.1, -0.05) is 88.7 Å². The van der Waals surface area contributed by atoms with Crippen LogP contribution in [0.2, 0.25) is 0 Å². The van der Waals surface area contributed by atoms with Gasteiger partial charge in [-0.3, -0.25) is 19.6 Å². The van der Waals surface area contributed by atoms with Crippen LogP contribution in [0.25, 0.3) is 0 Å². The number of esters is 1. The van der Waals surface area contributed by atoms with Crippen LogP contribution in [-0.2, 0) is 38.4 Å². The van der Waals surface area contributed by atoms with Gasteiger partial charge in [0.25, 0.3) is 0 Å². The molecule has 0 aliphatic carbocycles. The fraction of sp³-hybridized carbons (Fsp3) is 0.444. The molecular formula is C36H40BrN3O4. The second kappa shape index (κ2) is 12.5. The van der Waals surface area contributed by atoms with Crippen LogP contribution in [0.4, 0.5) is 0 Å². The van der Waals surface area contributed by atoms with E-state index in [1.165, 1.54) is 18.2 Å². The highest BCUT2D eigenvalue weighted by molar-refractivity contribution is 9.10. The maximum absolute atomic E-state index is 14.0. The Bertz CT molecular complexity index is 1500. The van der Waals surface area contributed by atoms with Gasteiger partial charge in [0.1, 0.15) is 5.92 Å². The number of morpholine rings is 1. The van der Waals surface area contributed by atoms with Crippen molar-refractivity contribution in [3.63, 3.8) is 0 Å². The molecule has 230 valence electrons. The van der Waals surface area contributed by atoms with E-state index in [1.807, 2.05) is 6.07 Å². The third kappa shape index (κ3) is 5.24. The number of nitrogens with zero attached hydrogens (tertiary/aromatic N) is 3. The van der Waals surface area contributed by atoms with E-state index in [0.717, 1.165) is 48.1 Å². The molecule has 3 aromatic rings. The summed E-state index contributed by atoms with van der Waals surface area (Å²) in [5, 5.41) is 0. The van der Waals surface area contributed by atoms with Crippen molar-refractivity contribution in [1.82, 2.24) is 9.80 Å². The van der Waals surface area contributed by atoms with E-state index in [2.05, 4.69) is 105 Å². The van der Waals surface area contributed by atoms with Gasteiger partial charge >= 0.3 is 5.97 Å². The summed E-state index contributed by atoms with van der Waals surface area (Å²) in [6, 6.07) is 29.6. The monoisotopic (exact) mass is 657 g/mol. The van der Waals surface area contributed by atoms with E-state index in [4.69, 9.17) is 19.2 Å². The van der Waals surface area contributed by atoms with Gasteiger partial charge in [-0.25, -0.2) is 0 Å². The molecule has 7 rings (SSSR count). The number of aliphatic imine (C=N–C) groups is 1. The van der Waals surface area contributed by atoms with Crippen LogP contribution in [0.5, 0.6) is 0 Å². The van der Waals surface area contributed by atoms with Crippen LogP contribution >= 0.6 is 15.9 Å². The fourth-order valence-electron chi connectivity index (χ4n) is 8.16. The first-order chi connectivity index (χ1) is 21.5. The topological polar surface area (TPSA) is 63.6 Å². The van der Waals surface area contributed by atoms with E-state index in [-0.39, 0.29) is 17.9 Å². The SMILES string of the molecule is COC(=O)[C@H]1[C@@H]2CCN(Cc3cccc(Br)c3)C(CCc3ccccc3)[C@@]23N=C(Cc2ccccc2)[C@]1(N1CCOCC1)O3. The lowest BCUT2D eigenvalue weighted by Gasteiger charge is -2.49. The van der Waals surface area contributed by atoms with E-state index in [9.17, 15) is 4.79 Å². The van der Waals surface area contributed by atoms with Gasteiger partial charge in [0.2, 0.25) is 0 Å². The number of rotatable bonds is 9. The molecule has 4 heterocycles. The Morgan fingerprint density at radius 1 is 0.955 bits per heavy atom. The van der Waals surface area contributed by atoms with Crippen LogP contribution in [0.3, 0.4) is 0 Å². The molecule has 3 saturated heterocycles. The molecule has 4 aliphatic rings. The number of piperidine rings is 1. The van der Waals surface area contributed by atoms with Gasteiger partial charge in [-0.05, 0) is 54.6 Å². The second-order valence-corrected chi connectivity index (χ2v) is 13.3. The standard InChI is InChI=1S/C36H40BrN3O4/c1-42-34(41)33-30-17-18-39(25-28-13-8-14-29(37)23-28)32(16-15-26-9-4-2-5-10-26)35(30)38-31(24-27-11-6-3-7-12-27)36(33,44-35)40-19-21-43-22-20-40/h2-14,23,30,32-33H,15-22,24-25H2,1H3/t30-,32?,33+,35+,36-/m0/s1. The molecule has 1 spiro atoms. The van der Waals surface area contributed by atoms with E-state index < -0.39 is 17.4 Å². The lowest BCUT2D eigenvalue weighted by molar-refractivity contribution is -0.187. The van der Waals surface area contributed by atoms with Crippen molar-refractivity contribution in [3.05, 3.63) is 106 Å². The third-order valence-electron chi connectivity index (χ3n) is 10.0. The number of hydrogen-bond donors (Lipinski definition) is 0. The lowest BCUT2D eigenvalue weighted by Crippen LogP contribution is -2.64. The van der Waals surface area contributed by atoms with Crippen LogP contribution in [0.1, 0.15) is 29.5 Å². The summed E-state index contributed by atoms with van der Waals surface area (Å²) in [7, 11) is 1.51. The minimum atomic E-state index is -0.964. The minimum absolute atomic E-state index is 0.0243. The molecule has 5 atom stereocenters. The number of aryl methyl sites for hydroxylation is 1. The van der Waals surface area contributed by atoms with Gasteiger partial charge in [0, 0.05) is 36.4 Å². The first-order valence-corrected chi connectivity index (χ1v) is 16.6. The molecule has 0 amide bonds. The largest absolute Gasteiger partial charge is 0.469 e. The average Bonchev–Trinajstić information content (AvgIpc) is 3.55. The number of carbonyl (C=O) groups is 1. The Labute approximate surface area is 268 Å². The lowest BCUT2D eigenvalue weighted by atomic mass is 9.68. The predicted octanol–water partition coefficient (Wildman–Crippen LogP) is 5.51. The number of hydrogen-bond acceptors (Lipinski definition) is 7. The van der Waals surface area contributed by atoms with Crippen molar-refractivity contribution in [2.45, 2.75) is 49.7 Å². The van der Waals surface area contributed by atoms with Gasteiger partial charge in [0.05, 0.1) is 32.1 Å². The highest BCUT2D eigenvalue weighted by atomic mass is 79.9. The smallest absolute Gasteiger partial charge is 0.313 e. The zero-order valence-corrected chi connectivity index (χ0v) is 26.8. The predicted molar refractivity (Wildman–Crippen MR) is 173 cm³/mol. The fourth-order valence-corrected chi connectivity index (χ4v) is 8.61. The molecule has 2 bridgehead atoms. The number of halogens is 1. The molecule has 0 aromatic heterocycles. The molecule has 3 fully saturated rings. The Morgan fingerprint density at radius 3 is 2.36 bits per heavy atom. The van der Waals surface area contributed by atoms with Crippen molar-refractivity contribution in [1.29, 1.82) is 0 Å². The van der Waals surface area contributed by atoms with E-state index >= 15 is 0 Å². The number of ether oxygens (including phenoxy) is 3. The Hall–Kier alpha value is -2.88. The number of likely N-dealkylation sites (tertiary alicyclic amines) is 1. The Balaban J connectivity index is 1.35. The third-order valence-corrected chi connectivity index (χ3v) is 10.5. The summed E-state index contributed by atoms with van der Waals surface area (Å²) in [6.45, 7) is 4.20. The summed E-state index contributed by atoms with van der Waals surface area (Å²) in [5.74, 6) is -0.753. The molecule has 0 saturated carbocycles. The van der Waals surface area contributed by atoms with Crippen LogP contribution in [0.15, 0.2) is 94.4 Å². The van der Waals surface area contributed by atoms with Gasteiger partial charge in [-0.15, -0.1) is 0 Å². The molecule has 1 unspecified atom stereocenters. The van der Waals surface area contributed by atoms with Crippen LogP contribution in [-0.4, -0.2) is 78.9 Å². The number of carbonyl (C=O) groups excluding carboxylic acids is 1. The summed E-state index contributed by atoms with van der Waals surface area (Å²) in [4.78, 5) is 24.5. The van der Waals surface area contributed by atoms with Crippen LogP contribution in [0, 0.1) is 11.8 Å². The molecule has 0 N–H and O–H groups in total. The zero-order valence-electron chi connectivity index (χ0n) is 25.2. The molecule has 0 radical (unpaired) electrons. The summed E-state index contributed by atoms with van der Waals surface area (Å²) >= 11 is 3.67. The highest BCUT2D eigenvalue weighted by Crippen LogP contribution is 2.61. The zero-order chi connectivity index (χ0) is 30.1. The Kier molecular flexibility index (Phi) is 8.46. The van der Waals surface area contributed by atoms with Gasteiger partial charge in [-0.2, -0.15) is 0 Å². The van der Waals surface area contributed by atoms with Crippen LogP contribution < -0.4 is 0 Å². The van der Waals surface area contributed by atoms with Gasteiger partial charge in [0.15, 0.2) is 11.4 Å². The van der Waals surface area contributed by atoms with Crippen molar-refractivity contribution in [3.8, 4) is 0 Å². The first-order valence-electron chi connectivity index (χ1n) is 15.8. The van der Waals surface area contributed by atoms with Crippen molar-refractivity contribution < 1.29 is 19.0 Å². The van der Waals surface area contributed by atoms with Crippen molar-refractivity contribution in [2.24, 2.45) is 16.8 Å². The van der Waals surface area contributed by atoms with E-state index in [0.29, 0.717) is 32.7 Å². The van der Waals surface area contributed by atoms with Gasteiger partial charge < -0.3 is 14.2 Å². The molecule has 8 heteroatoms. The van der Waals surface area contributed by atoms with Crippen molar-refractivity contribution >= 4 is 27.6 Å². The quantitative estimate of drug-likeness (QED) is 0.283. The maximum atomic E-state index is 14.0. The normalized spacial score (nSPS) is 30.1. The Morgan fingerprint density at radius 2 is 1.66 bits per heavy atom. The number of methoxy groups -OCH3 is 1. The molecule has 4 aliphatic heterocycles. The summed E-state index contributed by atoms with van der Waals surface area (Å²) in [5.41, 5.74) is 2.81. The maximum Gasteiger partial charge on any atom is 0.313 e. The summed E-state index contributed by atoms with van der Waals surface area (Å²) in [6.07, 6.45) is 3.19. The summed E-state index contributed by atoms with van der Waals surface area (Å²) < 4.78 is 20.0. The van der Waals surface area contributed by atoms with E-state index in [1.54, 1.807) is 0 Å². The second-order valence-electron chi connectivity index (χ2n) is 12.4.